The van der Waals surface area contributed by atoms with Crippen LogP contribution >= 0.6 is 11.6 Å². The van der Waals surface area contributed by atoms with E-state index in [1.165, 1.54) is 6.42 Å². The third-order valence-corrected chi connectivity index (χ3v) is 6.35. The van der Waals surface area contributed by atoms with Crippen molar-refractivity contribution in [2.45, 2.75) is 64.5 Å². The number of amides is 3. The Kier molecular flexibility index (Phi) is 9.33. The molecule has 0 aliphatic heterocycles. The van der Waals surface area contributed by atoms with Crippen LogP contribution in [0.25, 0.3) is 0 Å². The number of benzene rings is 2. The molecule has 1 atom stereocenters. The van der Waals surface area contributed by atoms with Crippen molar-refractivity contribution in [3.05, 3.63) is 58.6 Å². The molecular weight excluding hydrogens is 452 g/mol. The number of rotatable bonds is 9. The maximum absolute atomic E-state index is 12.7. The zero-order valence-corrected chi connectivity index (χ0v) is 20.5. The van der Waals surface area contributed by atoms with Crippen LogP contribution in [0.4, 0.5) is 11.4 Å². The maximum Gasteiger partial charge on any atom is 0.253 e. The molecule has 3 amide bonds. The number of halogens is 1. The molecule has 0 radical (unpaired) electrons. The molecule has 1 saturated carbocycles. The highest BCUT2D eigenvalue weighted by molar-refractivity contribution is 6.34. The van der Waals surface area contributed by atoms with Gasteiger partial charge in [0, 0.05) is 29.0 Å². The van der Waals surface area contributed by atoms with Gasteiger partial charge in [-0.15, -0.1) is 0 Å². The van der Waals surface area contributed by atoms with Crippen LogP contribution in [-0.2, 0) is 4.79 Å². The van der Waals surface area contributed by atoms with Crippen LogP contribution in [0.1, 0.15) is 73.1 Å². The summed E-state index contributed by atoms with van der Waals surface area (Å²) < 4.78 is 0. The van der Waals surface area contributed by atoms with Crippen LogP contribution in [0, 0.1) is 0 Å². The fourth-order valence-electron chi connectivity index (χ4n) is 3.82. The van der Waals surface area contributed by atoms with Gasteiger partial charge in [-0.3, -0.25) is 14.4 Å². The van der Waals surface area contributed by atoms with Crippen molar-refractivity contribution in [2.75, 3.05) is 17.2 Å². The van der Waals surface area contributed by atoms with Gasteiger partial charge in [0.15, 0.2) is 0 Å². The fraction of sp³-hybridized carbons (Fsp3) is 0.423. The van der Waals surface area contributed by atoms with Crippen LogP contribution in [0.5, 0.6) is 0 Å². The van der Waals surface area contributed by atoms with Crippen LogP contribution in [0.3, 0.4) is 0 Å². The molecule has 34 heavy (non-hydrogen) atoms. The number of hydrogen-bond donors (Lipinski definition) is 4. The standard InChI is InChI=1S/C26H33ClN4O3/c1-3-17(2)29-25(33)18-9-11-20(12-10-18)30-24(32)16-28-21-13-14-23(27)22(15-21)26(34)31-19-7-5-4-6-8-19/h9-15,17,19,28H,3-8,16H2,1-2H3,(H,29,33)(H,30,32)(H,31,34). The number of anilines is 2. The van der Waals surface area contributed by atoms with Crippen molar-refractivity contribution < 1.29 is 14.4 Å². The maximum atomic E-state index is 12.7. The fourth-order valence-corrected chi connectivity index (χ4v) is 4.02. The van der Waals surface area contributed by atoms with E-state index in [1.54, 1.807) is 42.5 Å². The molecule has 182 valence electrons. The molecule has 1 unspecified atom stereocenters. The van der Waals surface area contributed by atoms with E-state index >= 15 is 0 Å². The highest BCUT2D eigenvalue weighted by Crippen LogP contribution is 2.23. The van der Waals surface area contributed by atoms with Crippen molar-refractivity contribution in [2.24, 2.45) is 0 Å². The van der Waals surface area contributed by atoms with Crippen LogP contribution < -0.4 is 21.3 Å². The van der Waals surface area contributed by atoms with E-state index in [9.17, 15) is 14.4 Å². The zero-order valence-electron chi connectivity index (χ0n) is 19.7. The molecule has 0 heterocycles. The number of nitrogens with one attached hydrogen (secondary N) is 4. The van der Waals surface area contributed by atoms with Crippen molar-refractivity contribution in [3.8, 4) is 0 Å². The van der Waals surface area contributed by atoms with E-state index < -0.39 is 0 Å². The lowest BCUT2D eigenvalue weighted by atomic mass is 9.95. The highest BCUT2D eigenvalue weighted by Gasteiger charge is 2.19. The van der Waals surface area contributed by atoms with E-state index in [-0.39, 0.29) is 36.3 Å². The Bertz CT molecular complexity index is 1000. The Morgan fingerprint density at radius 1 is 0.971 bits per heavy atom. The van der Waals surface area contributed by atoms with Gasteiger partial charge in [-0.2, -0.15) is 0 Å². The predicted octanol–water partition coefficient (Wildman–Crippen LogP) is 4.98. The second-order valence-corrected chi connectivity index (χ2v) is 9.17. The summed E-state index contributed by atoms with van der Waals surface area (Å²) >= 11 is 6.25. The molecule has 4 N–H and O–H groups in total. The summed E-state index contributed by atoms with van der Waals surface area (Å²) in [7, 11) is 0. The van der Waals surface area contributed by atoms with E-state index in [0.29, 0.717) is 27.5 Å². The number of carbonyl (C=O) groups is 3. The number of hydrogen-bond acceptors (Lipinski definition) is 4. The summed E-state index contributed by atoms with van der Waals surface area (Å²) in [5.41, 5.74) is 2.15. The minimum Gasteiger partial charge on any atom is -0.376 e. The first-order chi connectivity index (χ1) is 16.4. The molecule has 1 aliphatic rings. The first-order valence-corrected chi connectivity index (χ1v) is 12.3. The Morgan fingerprint density at radius 3 is 2.32 bits per heavy atom. The van der Waals surface area contributed by atoms with E-state index in [0.717, 1.165) is 32.1 Å². The summed E-state index contributed by atoms with van der Waals surface area (Å²) in [5, 5.41) is 12.2. The van der Waals surface area contributed by atoms with E-state index in [4.69, 9.17) is 11.6 Å². The summed E-state index contributed by atoms with van der Waals surface area (Å²) in [5.74, 6) is -0.581. The average molecular weight is 485 g/mol. The lowest BCUT2D eigenvalue weighted by molar-refractivity contribution is -0.114. The van der Waals surface area contributed by atoms with Crippen molar-refractivity contribution in [1.82, 2.24) is 10.6 Å². The van der Waals surface area contributed by atoms with Gasteiger partial charge in [-0.05, 0) is 68.7 Å². The summed E-state index contributed by atoms with van der Waals surface area (Å²) in [4.78, 5) is 37.2. The molecular formula is C26H33ClN4O3. The Balaban J connectivity index is 1.52. The van der Waals surface area contributed by atoms with Crippen molar-refractivity contribution >= 4 is 40.7 Å². The smallest absolute Gasteiger partial charge is 0.253 e. The minimum atomic E-state index is -0.250. The van der Waals surface area contributed by atoms with Gasteiger partial charge < -0.3 is 21.3 Å². The molecule has 3 rings (SSSR count). The zero-order chi connectivity index (χ0) is 24.5. The third-order valence-electron chi connectivity index (χ3n) is 6.03. The summed E-state index contributed by atoms with van der Waals surface area (Å²) in [6.45, 7) is 3.97. The first-order valence-electron chi connectivity index (χ1n) is 11.9. The summed E-state index contributed by atoms with van der Waals surface area (Å²) in [6.07, 6.45) is 6.31. The number of carbonyl (C=O) groups excluding carboxylic acids is 3. The first kappa shape index (κ1) is 25.6. The molecule has 2 aromatic carbocycles. The topological polar surface area (TPSA) is 99.3 Å². The molecule has 0 bridgehead atoms. The second-order valence-electron chi connectivity index (χ2n) is 8.76. The lowest BCUT2D eigenvalue weighted by Crippen LogP contribution is -2.36. The Labute approximate surface area is 206 Å². The van der Waals surface area contributed by atoms with Crippen molar-refractivity contribution in [3.63, 3.8) is 0 Å². The van der Waals surface area contributed by atoms with E-state index in [1.807, 2.05) is 13.8 Å². The minimum absolute atomic E-state index is 0.0154. The molecule has 8 heteroatoms. The van der Waals surface area contributed by atoms with Gasteiger partial charge in [0.25, 0.3) is 11.8 Å². The quantitative estimate of drug-likeness (QED) is 0.403. The average Bonchev–Trinajstić information content (AvgIpc) is 2.84. The van der Waals surface area contributed by atoms with Gasteiger partial charge in [0.05, 0.1) is 17.1 Å². The molecule has 2 aromatic rings. The Hall–Kier alpha value is -3.06. The van der Waals surface area contributed by atoms with Crippen LogP contribution in [0.2, 0.25) is 5.02 Å². The van der Waals surface area contributed by atoms with E-state index in [2.05, 4.69) is 21.3 Å². The summed E-state index contributed by atoms with van der Waals surface area (Å²) in [6, 6.07) is 12.1. The van der Waals surface area contributed by atoms with Gasteiger partial charge in [-0.25, -0.2) is 0 Å². The normalized spacial score (nSPS) is 14.7. The SMILES string of the molecule is CCC(C)NC(=O)c1ccc(NC(=O)CNc2ccc(Cl)c(C(=O)NC3CCCCC3)c2)cc1. The van der Waals surface area contributed by atoms with Gasteiger partial charge >= 0.3 is 0 Å². The predicted molar refractivity (Wildman–Crippen MR) is 137 cm³/mol. The molecule has 0 saturated heterocycles. The largest absolute Gasteiger partial charge is 0.376 e. The third kappa shape index (κ3) is 7.48. The monoisotopic (exact) mass is 484 g/mol. The van der Waals surface area contributed by atoms with Crippen molar-refractivity contribution in [1.29, 1.82) is 0 Å². The molecule has 7 nitrogen and oxygen atoms in total. The van der Waals surface area contributed by atoms with Gasteiger partial charge in [-0.1, -0.05) is 37.8 Å². The highest BCUT2D eigenvalue weighted by atomic mass is 35.5. The van der Waals surface area contributed by atoms with Gasteiger partial charge in [0.1, 0.15) is 0 Å². The molecule has 1 fully saturated rings. The molecule has 1 aliphatic carbocycles. The Morgan fingerprint density at radius 2 is 1.65 bits per heavy atom. The second kappa shape index (κ2) is 12.4. The van der Waals surface area contributed by atoms with Crippen LogP contribution in [-0.4, -0.2) is 36.3 Å². The van der Waals surface area contributed by atoms with Gasteiger partial charge in [0.2, 0.25) is 5.91 Å². The molecule has 0 spiro atoms. The van der Waals surface area contributed by atoms with Crippen LogP contribution in [0.15, 0.2) is 42.5 Å². The lowest BCUT2D eigenvalue weighted by Gasteiger charge is -2.23. The molecule has 0 aromatic heterocycles.